The van der Waals surface area contributed by atoms with E-state index in [4.69, 9.17) is 21.3 Å². The Morgan fingerprint density at radius 1 is 1.37 bits per heavy atom. The second-order valence-corrected chi connectivity index (χ2v) is 8.02. The summed E-state index contributed by atoms with van der Waals surface area (Å²) in [4.78, 5) is 25.8. The number of benzene rings is 1. The number of rotatable bonds is 5. The Hall–Kier alpha value is -3.01. The fourth-order valence-electron chi connectivity index (χ4n) is 4.24. The number of ether oxygens (including phenoxy) is 2. The number of nitrogen functional groups attached to an aromatic ring is 1. The number of hydrogen-bond donors (Lipinski definition) is 3. The van der Waals surface area contributed by atoms with Gasteiger partial charge < -0.3 is 35.5 Å². The van der Waals surface area contributed by atoms with E-state index in [1.165, 1.54) is 13.3 Å². The van der Waals surface area contributed by atoms with Crippen molar-refractivity contribution in [1.29, 1.82) is 0 Å². The van der Waals surface area contributed by atoms with Crippen LogP contribution in [0.25, 0.3) is 10.9 Å². The lowest BCUT2D eigenvalue weighted by atomic mass is 10.0. The highest BCUT2D eigenvalue weighted by molar-refractivity contribution is 6.01. The van der Waals surface area contributed by atoms with E-state index in [9.17, 15) is 9.59 Å². The average Bonchev–Trinajstić information content (AvgIpc) is 3.41. The molecule has 5 N–H and O–H groups in total. The number of halogens is 1. The maximum atomic E-state index is 15.5. The number of aromatic nitrogens is 1. The molecule has 2 aliphatic rings. The lowest BCUT2D eigenvalue weighted by Crippen LogP contribution is -2.30. The molecule has 0 bridgehead atoms. The summed E-state index contributed by atoms with van der Waals surface area (Å²) in [6.45, 7) is 3.05. The van der Waals surface area contributed by atoms with Crippen molar-refractivity contribution in [1.82, 2.24) is 4.57 Å². The summed E-state index contributed by atoms with van der Waals surface area (Å²) in [7, 11) is 1.41. The lowest BCUT2D eigenvalue weighted by molar-refractivity contribution is 0.143. The maximum absolute atomic E-state index is 15.5. The summed E-state index contributed by atoms with van der Waals surface area (Å²) in [5, 5.41) is 8.84. The van der Waals surface area contributed by atoms with Crippen molar-refractivity contribution in [3.05, 3.63) is 22.2 Å². The van der Waals surface area contributed by atoms with E-state index in [0.29, 0.717) is 18.6 Å². The van der Waals surface area contributed by atoms with Crippen molar-refractivity contribution >= 4 is 28.4 Å². The van der Waals surface area contributed by atoms with Gasteiger partial charge in [0.25, 0.3) is 0 Å². The van der Waals surface area contributed by atoms with Gasteiger partial charge in [0.2, 0.25) is 5.43 Å². The van der Waals surface area contributed by atoms with E-state index >= 15 is 4.39 Å². The summed E-state index contributed by atoms with van der Waals surface area (Å²) in [6, 6.07) is -0.0199. The predicted octanol–water partition coefficient (Wildman–Crippen LogP) is 2.30. The van der Waals surface area contributed by atoms with Gasteiger partial charge in [-0.3, -0.25) is 4.79 Å². The van der Waals surface area contributed by atoms with Gasteiger partial charge in [0.05, 0.1) is 29.9 Å². The van der Waals surface area contributed by atoms with Gasteiger partial charge in [0.1, 0.15) is 5.69 Å². The molecular formula is C20H25FN4O5. The van der Waals surface area contributed by atoms with Crippen molar-refractivity contribution in [2.45, 2.75) is 38.3 Å². The molecular weight excluding hydrogens is 395 g/mol. The minimum absolute atomic E-state index is 0.0197. The van der Waals surface area contributed by atoms with Crippen LogP contribution in [0, 0.1) is 11.7 Å². The van der Waals surface area contributed by atoms with Crippen LogP contribution < -0.4 is 31.3 Å². The van der Waals surface area contributed by atoms with Crippen molar-refractivity contribution < 1.29 is 23.8 Å². The van der Waals surface area contributed by atoms with Crippen LogP contribution in [0.4, 0.5) is 20.6 Å². The monoisotopic (exact) mass is 420 g/mol. The number of nitrogens with zero attached hydrogens (tertiary/aromatic N) is 2. The molecule has 9 nitrogen and oxygen atoms in total. The summed E-state index contributed by atoms with van der Waals surface area (Å²) in [5.41, 5.74) is 11.5. The Kier molecular flexibility index (Phi) is 4.97. The Labute approximate surface area is 171 Å². The highest BCUT2D eigenvalue weighted by atomic mass is 19.1. The third kappa shape index (κ3) is 3.20. The van der Waals surface area contributed by atoms with Gasteiger partial charge in [0, 0.05) is 25.2 Å². The zero-order chi connectivity index (χ0) is 21.7. The molecule has 1 aliphatic heterocycles. The van der Waals surface area contributed by atoms with Crippen LogP contribution in [-0.2, 0) is 0 Å². The van der Waals surface area contributed by atoms with Crippen LogP contribution in [-0.4, -0.2) is 42.1 Å². The van der Waals surface area contributed by atoms with Gasteiger partial charge in [0.15, 0.2) is 17.3 Å². The molecule has 2 fully saturated rings. The second-order valence-electron chi connectivity index (χ2n) is 8.02. The first-order valence-electron chi connectivity index (χ1n) is 9.89. The highest BCUT2D eigenvalue weighted by Gasteiger charge is 2.35. The van der Waals surface area contributed by atoms with Crippen LogP contribution in [0.3, 0.4) is 0 Å². The van der Waals surface area contributed by atoms with E-state index in [-0.39, 0.29) is 40.5 Å². The Morgan fingerprint density at radius 2 is 2.07 bits per heavy atom. The van der Waals surface area contributed by atoms with Crippen LogP contribution >= 0.6 is 0 Å². The van der Waals surface area contributed by atoms with Crippen molar-refractivity contribution in [2.24, 2.45) is 11.7 Å². The number of pyridine rings is 1. The molecule has 1 aliphatic carbocycles. The minimum Gasteiger partial charge on any atom is -0.492 e. The first-order valence-corrected chi connectivity index (χ1v) is 9.89. The molecule has 2 atom stereocenters. The molecule has 0 spiro atoms. The first-order chi connectivity index (χ1) is 14.2. The maximum Gasteiger partial charge on any atom is 0.511 e. The zero-order valence-corrected chi connectivity index (χ0v) is 16.9. The topological polar surface area (TPSA) is 133 Å². The molecule has 2 aromatic rings. The van der Waals surface area contributed by atoms with E-state index < -0.39 is 23.2 Å². The van der Waals surface area contributed by atoms with Gasteiger partial charge in [-0.05, 0) is 32.1 Å². The molecule has 4 rings (SSSR count). The number of methoxy groups -OCH3 is 1. The van der Waals surface area contributed by atoms with E-state index in [1.807, 2.05) is 11.8 Å². The number of nitrogens with two attached hydrogens (primary N) is 2. The third-order valence-corrected chi connectivity index (χ3v) is 5.97. The normalized spacial score (nSPS) is 19.9. The Morgan fingerprint density at radius 3 is 2.60 bits per heavy atom. The summed E-state index contributed by atoms with van der Waals surface area (Å²) >= 11 is 0. The molecule has 1 aromatic heterocycles. The fraction of sp³-hybridized carbons (Fsp3) is 0.500. The largest absolute Gasteiger partial charge is 0.511 e. The van der Waals surface area contributed by atoms with Crippen LogP contribution in [0.2, 0.25) is 0 Å². The Bertz CT molecular complexity index is 1080. The number of hydrogen-bond acceptors (Lipinski definition) is 7. The highest BCUT2D eigenvalue weighted by Crippen LogP contribution is 2.47. The zero-order valence-electron chi connectivity index (χ0n) is 16.9. The molecule has 0 radical (unpaired) electrons. The first kappa shape index (κ1) is 20.3. The van der Waals surface area contributed by atoms with Gasteiger partial charge in [-0.15, -0.1) is 0 Å². The van der Waals surface area contributed by atoms with E-state index in [2.05, 4.69) is 4.74 Å². The molecule has 1 unspecified atom stereocenters. The van der Waals surface area contributed by atoms with E-state index in [1.54, 1.807) is 4.57 Å². The smallest absolute Gasteiger partial charge is 0.492 e. The molecule has 0 amide bonds. The number of carbonyl (C=O) groups is 1. The van der Waals surface area contributed by atoms with Crippen LogP contribution in [0.5, 0.6) is 11.5 Å². The predicted molar refractivity (Wildman–Crippen MR) is 110 cm³/mol. The molecule has 10 heteroatoms. The summed E-state index contributed by atoms with van der Waals surface area (Å²) < 4.78 is 27.5. The lowest BCUT2D eigenvalue weighted by Gasteiger charge is -2.26. The number of carboxylic acid groups (broad SMARTS) is 1. The minimum atomic E-state index is -1.63. The van der Waals surface area contributed by atoms with Crippen molar-refractivity contribution in [3.8, 4) is 11.5 Å². The quantitative estimate of drug-likeness (QED) is 0.496. The van der Waals surface area contributed by atoms with Gasteiger partial charge in [-0.2, -0.15) is 0 Å². The van der Waals surface area contributed by atoms with Gasteiger partial charge in [-0.25, -0.2) is 9.18 Å². The number of fused-ring (bicyclic) bond motifs is 1. The average molecular weight is 420 g/mol. The summed E-state index contributed by atoms with van der Waals surface area (Å²) in [5.74, 6) is -0.784. The van der Waals surface area contributed by atoms with E-state index in [0.717, 1.165) is 19.3 Å². The molecule has 1 aromatic carbocycles. The molecule has 162 valence electrons. The van der Waals surface area contributed by atoms with Crippen LogP contribution in [0.1, 0.15) is 32.2 Å². The summed E-state index contributed by atoms with van der Waals surface area (Å²) in [6.07, 6.45) is 2.18. The third-order valence-electron chi connectivity index (χ3n) is 5.97. The fourth-order valence-corrected chi connectivity index (χ4v) is 4.24. The van der Waals surface area contributed by atoms with Gasteiger partial charge in [-0.1, -0.05) is 0 Å². The second kappa shape index (κ2) is 7.35. The van der Waals surface area contributed by atoms with Crippen molar-refractivity contribution in [3.63, 3.8) is 0 Å². The van der Waals surface area contributed by atoms with Crippen LogP contribution in [0.15, 0.2) is 11.0 Å². The number of anilines is 2. The molecule has 1 saturated carbocycles. The molecule has 2 heterocycles. The van der Waals surface area contributed by atoms with Gasteiger partial charge >= 0.3 is 6.16 Å². The SMILES string of the molecule is COc1c(N2CC[C@H](C(C)N)C2)c(F)c(N)c2c(=O)c(OC(=O)O)cn(C3CC3)c12. The Balaban J connectivity index is 2.00. The molecule has 1 saturated heterocycles. The van der Waals surface area contributed by atoms with Crippen molar-refractivity contribution in [2.75, 3.05) is 30.8 Å². The standard InChI is InChI=1S/C20H25FN4O5/c1-9(22)10-5-6-24(7-10)17-14(21)15(23)13-16(19(17)29-2)25(11-3-4-11)8-12(18(13)26)30-20(27)28/h8-11H,3-7,22-23H2,1-2H3,(H,27,28)/t9?,10-/m0/s1. The molecule has 30 heavy (non-hydrogen) atoms.